The van der Waals surface area contributed by atoms with Crippen molar-refractivity contribution in [3.63, 3.8) is 0 Å². The van der Waals surface area contributed by atoms with Crippen molar-refractivity contribution in [2.75, 3.05) is 6.26 Å². The molecule has 3 heterocycles. The fourth-order valence-electron chi connectivity index (χ4n) is 2.35. The van der Waals surface area contributed by atoms with Gasteiger partial charge in [0.2, 0.25) is 0 Å². The molecule has 1 atom stereocenters. The predicted octanol–water partition coefficient (Wildman–Crippen LogP) is 2.10. The summed E-state index contributed by atoms with van der Waals surface area (Å²) in [6.45, 7) is 0.515. The van der Waals surface area contributed by atoms with Crippen LogP contribution in [0.25, 0.3) is 0 Å². The van der Waals surface area contributed by atoms with Gasteiger partial charge < -0.3 is 5.32 Å². The van der Waals surface area contributed by atoms with E-state index in [2.05, 4.69) is 27.6 Å². The lowest BCUT2D eigenvalue weighted by molar-refractivity contribution is -0.104. The monoisotopic (exact) mass is 285 g/mol. The number of aromatic nitrogens is 1. The van der Waals surface area contributed by atoms with E-state index in [0.29, 0.717) is 18.0 Å². The summed E-state index contributed by atoms with van der Waals surface area (Å²) in [6, 6.07) is 3.86. The van der Waals surface area contributed by atoms with E-state index < -0.39 is 0 Å². The molecule has 0 aromatic carbocycles. The largest absolute Gasteiger partial charge is 0.352 e. The number of amidine groups is 1. The van der Waals surface area contributed by atoms with Crippen LogP contribution < -0.4 is 5.32 Å². The van der Waals surface area contributed by atoms with Crippen LogP contribution in [0.15, 0.2) is 52.8 Å². The molecule has 0 radical (unpaired) electrons. The number of carbonyl (C=O) groups excluding carboxylic acids is 1. The first-order valence-corrected chi connectivity index (χ1v) is 7.63. The smallest absolute Gasteiger partial charge is 0.153 e. The van der Waals surface area contributed by atoms with Gasteiger partial charge in [-0.2, -0.15) is 0 Å². The van der Waals surface area contributed by atoms with Crippen molar-refractivity contribution in [1.82, 2.24) is 10.3 Å². The number of allylic oxidation sites excluding steroid dienone is 1. The summed E-state index contributed by atoms with van der Waals surface area (Å²) in [4.78, 5) is 19.8. The summed E-state index contributed by atoms with van der Waals surface area (Å²) in [5.41, 5.74) is 2.84. The highest BCUT2D eigenvalue weighted by Crippen LogP contribution is 2.41. The minimum atomic E-state index is -0.107. The molecule has 1 aliphatic carbocycles. The number of nitrogens with one attached hydrogen (secondary N) is 1. The second-order valence-electron chi connectivity index (χ2n) is 4.86. The highest BCUT2D eigenvalue weighted by Gasteiger charge is 2.39. The summed E-state index contributed by atoms with van der Waals surface area (Å²) in [5.74, 6) is 0.668. The average Bonchev–Trinajstić information content (AvgIpc) is 2.71. The van der Waals surface area contributed by atoms with Crippen molar-refractivity contribution in [1.29, 1.82) is 0 Å². The second kappa shape index (κ2) is 5.25. The predicted molar refractivity (Wildman–Crippen MR) is 81.6 cm³/mol. The molecule has 0 saturated carbocycles. The molecule has 0 amide bonds. The number of nitrogens with zero attached hydrogens (tertiary/aromatic N) is 2. The SMILES string of the molecule is CSC12C=C(C=C(C=O)C(=NCc3cccnc3)N1)C2. The molecule has 3 aliphatic rings. The Bertz CT molecular complexity index is 621. The van der Waals surface area contributed by atoms with Gasteiger partial charge in [0.05, 0.1) is 12.1 Å². The van der Waals surface area contributed by atoms with Crippen molar-refractivity contribution >= 4 is 23.9 Å². The maximum absolute atomic E-state index is 11.3. The zero-order chi connectivity index (χ0) is 14.0. The second-order valence-corrected chi connectivity index (χ2v) is 6.00. The molecule has 1 unspecified atom stereocenters. The van der Waals surface area contributed by atoms with E-state index in [0.717, 1.165) is 18.3 Å². The van der Waals surface area contributed by atoms with Crippen molar-refractivity contribution < 1.29 is 4.79 Å². The van der Waals surface area contributed by atoms with Crippen LogP contribution in [0.1, 0.15) is 12.0 Å². The first-order valence-electron chi connectivity index (χ1n) is 6.40. The summed E-state index contributed by atoms with van der Waals surface area (Å²) >= 11 is 1.74. The first-order chi connectivity index (χ1) is 9.74. The number of aldehydes is 1. The summed E-state index contributed by atoms with van der Waals surface area (Å²) in [7, 11) is 0. The van der Waals surface area contributed by atoms with Crippen LogP contribution in [0.3, 0.4) is 0 Å². The van der Waals surface area contributed by atoms with Crippen LogP contribution in [-0.4, -0.2) is 28.2 Å². The van der Waals surface area contributed by atoms with E-state index >= 15 is 0 Å². The van der Waals surface area contributed by atoms with E-state index in [1.54, 1.807) is 24.2 Å². The van der Waals surface area contributed by atoms with E-state index in [9.17, 15) is 4.79 Å². The Hall–Kier alpha value is -1.88. The van der Waals surface area contributed by atoms with Gasteiger partial charge in [-0.25, -0.2) is 0 Å². The van der Waals surface area contributed by atoms with Crippen LogP contribution in [0.5, 0.6) is 0 Å². The molecular weight excluding hydrogens is 270 g/mol. The van der Waals surface area contributed by atoms with Crippen molar-refractivity contribution in [2.45, 2.75) is 17.8 Å². The zero-order valence-electron chi connectivity index (χ0n) is 11.2. The third kappa shape index (κ3) is 2.41. The van der Waals surface area contributed by atoms with E-state index in [1.807, 2.05) is 18.2 Å². The summed E-state index contributed by atoms with van der Waals surface area (Å²) in [6.07, 6.45) is 11.5. The number of rotatable bonds is 4. The van der Waals surface area contributed by atoms with Gasteiger partial charge in [-0.15, -0.1) is 11.8 Å². The Kier molecular flexibility index (Phi) is 3.44. The molecule has 4 rings (SSSR count). The lowest BCUT2D eigenvalue weighted by Gasteiger charge is -2.37. The van der Waals surface area contributed by atoms with E-state index in [-0.39, 0.29) is 4.87 Å². The fourth-order valence-corrected chi connectivity index (χ4v) is 3.13. The average molecular weight is 285 g/mol. The highest BCUT2D eigenvalue weighted by atomic mass is 32.2. The molecule has 0 saturated heterocycles. The Balaban J connectivity index is 1.85. The molecule has 0 spiro atoms. The lowest BCUT2D eigenvalue weighted by atomic mass is 9.93. The molecule has 102 valence electrons. The molecule has 1 aromatic rings. The Morgan fingerprint density at radius 1 is 1.60 bits per heavy atom. The van der Waals surface area contributed by atoms with Gasteiger partial charge in [0, 0.05) is 18.8 Å². The minimum Gasteiger partial charge on any atom is -0.352 e. The molecule has 0 fully saturated rings. The Morgan fingerprint density at radius 3 is 3.10 bits per heavy atom. The maximum atomic E-state index is 11.3. The number of aliphatic imine (C=N–C) groups is 1. The number of thioether (sulfide) groups is 1. The fraction of sp³-hybridized carbons (Fsp3) is 0.267. The quantitative estimate of drug-likeness (QED) is 0.861. The van der Waals surface area contributed by atoms with Gasteiger partial charge in [-0.3, -0.25) is 14.8 Å². The molecule has 20 heavy (non-hydrogen) atoms. The number of carbonyl (C=O) groups is 1. The van der Waals surface area contributed by atoms with Gasteiger partial charge in [-0.05, 0) is 35.6 Å². The number of hydrogen-bond donors (Lipinski definition) is 1. The molecule has 1 N–H and O–H groups in total. The lowest BCUT2D eigenvalue weighted by Crippen LogP contribution is -2.47. The number of pyridine rings is 1. The third-order valence-electron chi connectivity index (χ3n) is 3.46. The van der Waals surface area contributed by atoms with Gasteiger partial charge in [0.25, 0.3) is 0 Å². The van der Waals surface area contributed by atoms with Crippen LogP contribution in [0, 0.1) is 0 Å². The standard InChI is InChI=1S/C15H15N3OS/c1-20-15-6-12(7-15)5-13(10-19)14(18-15)17-9-11-3-2-4-16-8-11/h2-6,8,10H,7,9H2,1H3,(H,17,18). The summed E-state index contributed by atoms with van der Waals surface area (Å²) < 4.78 is 0. The Morgan fingerprint density at radius 2 is 2.45 bits per heavy atom. The molecule has 2 bridgehead atoms. The van der Waals surface area contributed by atoms with Gasteiger partial charge in [0.15, 0.2) is 6.29 Å². The molecular formula is C15H15N3OS. The molecule has 4 nitrogen and oxygen atoms in total. The van der Waals surface area contributed by atoms with Crippen molar-refractivity contribution in [3.8, 4) is 0 Å². The van der Waals surface area contributed by atoms with Crippen LogP contribution >= 0.6 is 11.8 Å². The summed E-state index contributed by atoms with van der Waals surface area (Å²) in [5, 5.41) is 3.40. The van der Waals surface area contributed by atoms with Crippen LogP contribution in [0.4, 0.5) is 0 Å². The Labute approximate surface area is 122 Å². The van der Waals surface area contributed by atoms with Gasteiger partial charge >= 0.3 is 0 Å². The van der Waals surface area contributed by atoms with E-state index in [1.165, 1.54) is 5.57 Å². The molecule has 5 heteroatoms. The van der Waals surface area contributed by atoms with Crippen LogP contribution in [0.2, 0.25) is 0 Å². The number of hydrogen-bond acceptors (Lipinski definition) is 4. The van der Waals surface area contributed by atoms with E-state index in [4.69, 9.17) is 0 Å². The van der Waals surface area contributed by atoms with Gasteiger partial charge in [0.1, 0.15) is 10.7 Å². The highest BCUT2D eigenvalue weighted by molar-refractivity contribution is 8.00. The molecule has 1 aromatic heterocycles. The van der Waals surface area contributed by atoms with Gasteiger partial charge in [-0.1, -0.05) is 6.07 Å². The normalized spacial score (nSPS) is 25.9. The zero-order valence-corrected chi connectivity index (χ0v) is 12.0. The first kappa shape index (κ1) is 13.1. The third-order valence-corrected chi connectivity index (χ3v) is 4.56. The topological polar surface area (TPSA) is 54.4 Å². The van der Waals surface area contributed by atoms with Crippen molar-refractivity contribution in [2.24, 2.45) is 4.99 Å². The number of fused-ring (bicyclic) bond motifs is 2. The van der Waals surface area contributed by atoms with Crippen molar-refractivity contribution in [3.05, 3.63) is 53.4 Å². The van der Waals surface area contributed by atoms with Crippen LogP contribution in [-0.2, 0) is 11.3 Å². The molecule has 2 aliphatic heterocycles. The minimum absolute atomic E-state index is 0.107. The maximum Gasteiger partial charge on any atom is 0.153 e.